The van der Waals surface area contributed by atoms with E-state index in [1.165, 1.54) is 7.11 Å². The molecule has 3 rings (SSSR count). The van der Waals surface area contributed by atoms with Crippen LogP contribution in [0.1, 0.15) is 52.7 Å². The van der Waals surface area contributed by atoms with Gasteiger partial charge in [0.1, 0.15) is 11.0 Å². The largest absolute Gasteiger partial charge is 0.467 e. The number of aryl methyl sites for hydroxylation is 2. The summed E-state index contributed by atoms with van der Waals surface area (Å²) in [6, 6.07) is 13.3. The maximum absolute atomic E-state index is 13.5. The van der Waals surface area contributed by atoms with Crippen molar-refractivity contribution in [3.8, 4) is 11.1 Å². The molecule has 2 aromatic carbocycles. The molecule has 198 valence electrons. The summed E-state index contributed by atoms with van der Waals surface area (Å²) >= 11 is 3.21. The van der Waals surface area contributed by atoms with E-state index in [1.807, 2.05) is 56.5 Å². The SMILES string of the molecule is CCCCN(Cc1ccc(C(=O)NC(CCSC)C(=O)OC)c(-c2ccccc2C)c1)c1nnc(C)s1. The summed E-state index contributed by atoms with van der Waals surface area (Å²) in [5.74, 6) is 0.0155. The number of ether oxygens (including phenoxy) is 1. The summed E-state index contributed by atoms with van der Waals surface area (Å²) in [4.78, 5) is 28.1. The van der Waals surface area contributed by atoms with Gasteiger partial charge in [-0.25, -0.2) is 4.79 Å². The molecular weight excluding hydrogens is 504 g/mol. The number of rotatable bonds is 13. The zero-order valence-electron chi connectivity index (χ0n) is 22.2. The molecule has 0 saturated heterocycles. The van der Waals surface area contributed by atoms with Gasteiger partial charge in [0.05, 0.1) is 7.11 Å². The fourth-order valence-electron chi connectivity index (χ4n) is 4.07. The van der Waals surface area contributed by atoms with E-state index in [9.17, 15) is 9.59 Å². The summed E-state index contributed by atoms with van der Waals surface area (Å²) in [5.41, 5.74) is 4.50. The molecule has 0 spiro atoms. The van der Waals surface area contributed by atoms with Crippen molar-refractivity contribution in [3.05, 3.63) is 64.2 Å². The number of nitrogens with zero attached hydrogens (tertiary/aromatic N) is 3. The molecule has 0 aliphatic rings. The molecule has 0 aliphatic heterocycles. The molecule has 7 nitrogen and oxygen atoms in total. The van der Waals surface area contributed by atoms with Gasteiger partial charge in [-0.1, -0.05) is 55.0 Å². The molecule has 1 aromatic heterocycles. The molecule has 9 heteroatoms. The molecule has 0 radical (unpaired) electrons. The second kappa shape index (κ2) is 14.1. The number of hydrogen-bond donors (Lipinski definition) is 1. The third kappa shape index (κ3) is 7.79. The Morgan fingerprint density at radius 1 is 1.14 bits per heavy atom. The molecule has 1 heterocycles. The predicted molar refractivity (Wildman–Crippen MR) is 153 cm³/mol. The molecule has 1 unspecified atom stereocenters. The standard InChI is InChI=1S/C28H36N4O3S2/c1-6-7-15-32(28-31-30-20(3)37-28)18-21-12-13-23(24(17-21)22-11-9-8-10-19(22)2)26(33)29-25(14-16-36-5)27(34)35-4/h8-13,17,25H,6-7,14-16,18H2,1-5H3,(H,29,33). The summed E-state index contributed by atoms with van der Waals surface area (Å²) < 4.78 is 4.94. The highest BCUT2D eigenvalue weighted by Crippen LogP contribution is 2.30. The Balaban J connectivity index is 1.98. The number of thioether (sulfide) groups is 1. The normalized spacial score (nSPS) is 11.7. The Bertz CT molecular complexity index is 1200. The number of nitrogens with one attached hydrogen (secondary N) is 1. The Morgan fingerprint density at radius 3 is 2.57 bits per heavy atom. The molecule has 1 amide bonds. The maximum Gasteiger partial charge on any atom is 0.328 e. The number of carbonyl (C=O) groups excluding carboxylic acids is 2. The van der Waals surface area contributed by atoms with Crippen LogP contribution in [0, 0.1) is 13.8 Å². The van der Waals surface area contributed by atoms with Gasteiger partial charge in [-0.05, 0) is 73.1 Å². The number of hydrogen-bond acceptors (Lipinski definition) is 8. The van der Waals surface area contributed by atoms with Gasteiger partial charge in [0.25, 0.3) is 5.91 Å². The van der Waals surface area contributed by atoms with Crippen LogP contribution < -0.4 is 10.2 Å². The number of aromatic nitrogens is 2. The van der Waals surface area contributed by atoms with Crippen molar-refractivity contribution in [2.45, 2.75) is 52.6 Å². The van der Waals surface area contributed by atoms with Gasteiger partial charge in [-0.3, -0.25) is 4.79 Å². The summed E-state index contributed by atoms with van der Waals surface area (Å²) in [5, 5.41) is 13.3. The number of unbranched alkanes of at least 4 members (excludes halogenated alkanes) is 1. The van der Waals surface area contributed by atoms with E-state index in [2.05, 4.69) is 33.4 Å². The van der Waals surface area contributed by atoms with Crippen molar-refractivity contribution in [1.82, 2.24) is 15.5 Å². The Morgan fingerprint density at radius 2 is 1.92 bits per heavy atom. The first-order valence-electron chi connectivity index (χ1n) is 12.5. The van der Waals surface area contributed by atoms with Crippen molar-refractivity contribution in [2.24, 2.45) is 0 Å². The van der Waals surface area contributed by atoms with Crippen LogP contribution in [0.2, 0.25) is 0 Å². The molecule has 0 aliphatic carbocycles. The predicted octanol–water partition coefficient (Wildman–Crippen LogP) is 5.65. The molecule has 0 bridgehead atoms. The number of benzene rings is 2. The van der Waals surface area contributed by atoms with Crippen LogP contribution in [-0.2, 0) is 16.1 Å². The number of amides is 1. The molecule has 0 fully saturated rings. The van der Waals surface area contributed by atoms with Crippen molar-refractivity contribution < 1.29 is 14.3 Å². The fourth-order valence-corrected chi connectivity index (χ4v) is 5.26. The van der Waals surface area contributed by atoms with Crippen LogP contribution in [-0.4, -0.2) is 53.8 Å². The van der Waals surface area contributed by atoms with Crippen LogP contribution >= 0.6 is 23.1 Å². The van der Waals surface area contributed by atoms with Crippen LogP contribution in [0.15, 0.2) is 42.5 Å². The lowest BCUT2D eigenvalue weighted by atomic mass is 9.93. The van der Waals surface area contributed by atoms with Crippen molar-refractivity contribution in [3.63, 3.8) is 0 Å². The van der Waals surface area contributed by atoms with Crippen LogP contribution in [0.4, 0.5) is 5.13 Å². The van der Waals surface area contributed by atoms with Crippen LogP contribution in [0.5, 0.6) is 0 Å². The average Bonchev–Trinajstić information content (AvgIpc) is 3.34. The quantitative estimate of drug-likeness (QED) is 0.280. The first-order chi connectivity index (χ1) is 17.9. The smallest absolute Gasteiger partial charge is 0.328 e. The third-order valence-electron chi connectivity index (χ3n) is 6.11. The highest BCUT2D eigenvalue weighted by molar-refractivity contribution is 7.98. The van der Waals surface area contributed by atoms with Crippen LogP contribution in [0.25, 0.3) is 11.1 Å². The minimum absolute atomic E-state index is 0.288. The lowest BCUT2D eigenvalue weighted by Gasteiger charge is -2.23. The fraction of sp³-hybridized carbons (Fsp3) is 0.429. The molecule has 0 saturated carbocycles. The number of carbonyl (C=O) groups is 2. The van der Waals surface area contributed by atoms with E-state index in [1.54, 1.807) is 23.1 Å². The van der Waals surface area contributed by atoms with Gasteiger partial charge in [0.2, 0.25) is 5.13 Å². The third-order valence-corrected chi connectivity index (χ3v) is 7.65. The Kier molecular flexibility index (Phi) is 11.0. The molecule has 1 atom stereocenters. The maximum atomic E-state index is 13.5. The summed E-state index contributed by atoms with van der Waals surface area (Å²) in [7, 11) is 1.35. The minimum atomic E-state index is -0.695. The van der Waals surface area contributed by atoms with Gasteiger partial charge in [0.15, 0.2) is 0 Å². The van der Waals surface area contributed by atoms with E-state index >= 15 is 0 Å². The molecule has 37 heavy (non-hydrogen) atoms. The Labute approximate surface area is 228 Å². The number of methoxy groups -OCH3 is 1. The zero-order valence-corrected chi connectivity index (χ0v) is 23.9. The lowest BCUT2D eigenvalue weighted by Crippen LogP contribution is -2.42. The van der Waals surface area contributed by atoms with E-state index in [-0.39, 0.29) is 5.91 Å². The average molecular weight is 541 g/mol. The highest BCUT2D eigenvalue weighted by Gasteiger charge is 2.24. The molecule has 3 aromatic rings. The second-order valence-corrected chi connectivity index (χ2v) is 11.0. The zero-order chi connectivity index (χ0) is 26.8. The summed E-state index contributed by atoms with van der Waals surface area (Å²) in [6.07, 6.45) is 4.61. The van der Waals surface area contributed by atoms with E-state index < -0.39 is 12.0 Å². The molecule has 1 N–H and O–H groups in total. The van der Waals surface area contributed by atoms with Crippen molar-refractivity contribution >= 4 is 40.1 Å². The van der Waals surface area contributed by atoms with Crippen molar-refractivity contribution in [2.75, 3.05) is 30.6 Å². The monoisotopic (exact) mass is 540 g/mol. The van der Waals surface area contributed by atoms with Gasteiger partial charge < -0.3 is 15.0 Å². The van der Waals surface area contributed by atoms with Gasteiger partial charge in [0, 0.05) is 18.7 Å². The first-order valence-corrected chi connectivity index (χ1v) is 14.7. The van der Waals surface area contributed by atoms with Crippen molar-refractivity contribution in [1.29, 1.82) is 0 Å². The number of anilines is 1. The topological polar surface area (TPSA) is 84.4 Å². The second-order valence-electron chi connectivity index (χ2n) is 8.90. The first kappa shape index (κ1) is 28.7. The van der Waals surface area contributed by atoms with Gasteiger partial charge in [-0.15, -0.1) is 10.2 Å². The lowest BCUT2D eigenvalue weighted by molar-refractivity contribution is -0.142. The van der Waals surface area contributed by atoms with E-state index in [0.29, 0.717) is 18.5 Å². The Hall–Kier alpha value is -2.91. The van der Waals surface area contributed by atoms with Crippen LogP contribution in [0.3, 0.4) is 0 Å². The van der Waals surface area contributed by atoms with Gasteiger partial charge in [-0.2, -0.15) is 11.8 Å². The number of esters is 1. The van der Waals surface area contributed by atoms with E-state index in [4.69, 9.17) is 4.74 Å². The van der Waals surface area contributed by atoms with Gasteiger partial charge >= 0.3 is 5.97 Å². The van der Waals surface area contributed by atoms with E-state index in [0.717, 1.165) is 57.5 Å². The minimum Gasteiger partial charge on any atom is -0.467 e. The highest BCUT2D eigenvalue weighted by atomic mass is 32.2. The molecular formula is C28H36N4O3S2. The summed E-state index contributed by atoms with van der Waals surface area (Å²) in [6.45, 7) is 7.71.